The number of furan rings is 1. The molecule has 0 spiro atoms. The van der Waals surface area contributed by atoms with Crippen molar-refractivity contribution in [3.63, 3.8) is 0 Å². The smallest absolute Gasteiger partial charge is 0.290 e. The molecule has 1 aliphatic heterocycles. The minimum atomic E-state index is -0.547. The van der Waals surface area contributed by atoms with Crippen LogP contribution in [0.5, 0.6) is 5.75 Å². The third kappa shape index (κ3) is 3.39. The molecule has 3 rings (SSSR count). The quantitative estimate of drug-likeness (QED) is 0.868. The highest BCUT2D eigenvalue weighted by molar-refractivity contribution is 6.01. The largest absolute Gasteiger partial charge is 0.497 e. The number of methoxy groups -OCH3 is 1. The van der Waals surface area contributed by atoms with E-state index in [1.54, 1.807) is 23.0 Å². The molecule has 1 aromatic carbocycles. The summed E-state index contributed by atoms with van der Waals surface area (Å²) in [6.07, 6.45) is 0.466. The highest BCUT2D eigenvalue weighted by Crippen LogP contribution is 2.31. The van der Waals surface area contributed by atoms with E-state index in [4.69, 9.17) is 14.9 Å². The molecule has 2 N–H and O–H groups in total. The molecule has 0 aliphatic carbocycles. The fourth-order valence-corrected chi connectivity index (χ4v) is 3.74. The van der Waals surface area contributed by atoms with Crippen molar-refractivity contribution in [2.24, 2.45) is 5.73 Å². The lowest BCUT2D eigenvalue weighted by atomic mass is 10.1. The van der Waals surface area contributed by atoms with Gasteiger partial charge in [-0.1, -0.05) is 0 Å². The lowest BCUT2D eigenvalue weighted by Gasteiger charge is -2.28. The van der Waals surface area contributed by atoms with Gasteiger partial charge in [0, 0.05) is 42.7 Å². The van der Waals surface area contributed by atoms with Gasteiger partial charge in [0.2, 0.25) is 5.91 Å². The van der Waals surface area contributed by atoms with E-state index in [1.807, 2.05) is 32.9 Å². The first-order chi connectivity index (χ1) is 12.9. The maximum atomic E-state index is 13.2. The molecule has 0 unspecified atom stereocenters. The van der Waals surface area contributed by atoms with Crippen molar-refractivity contribution in [1.82, 2.24) is 9.80 Å². The van der Waals surface area contributed by atoms with Crippen LogP contribution in [0, 0.1) is 6.92 Å². The zero-order valence-electron chi connectivity index (χ0n) is 16.3. The number of fused-ring (bicyclic) bond motifs is 1. The van der Waals surface area contributed by atoms with Gasteiger partial charge in [-0.2, -0.15) is 0 Å². The molecule has 1 saturated heterocycles. The van der Waals surface area contributed by atoms with E-state index in [1.165, 1.54) is 0 Å². The van der Waals surface area contributed by atoms with E-state index in [0.717, 1.165) is 10.9 Å². The summed E-state index contributed by atoms with van der Waals surface area (Å²) < 4.78 is 11.1. The molecule has 2 amide bonds. The molecule has 0 radical (unpaired) electrons. The molecular formula is C20H27N3O4. The van der Waals surface area contributed by atoms with Gasteiger partial charge in [0.05, 0.1) is 7.11 Å². The Morgan fingerprint density at radius 2 is 2.04 bits per heavy atom. The Labute approximate surface area is 159 Å². The number of nitrogens with zero attached hydrogens (tertiary/aromatic N) is 2. The number of likely N-dealkylation sites (N-methyl/N-ethyl adjacent to an activating group) is 1. The second-order valence-corrected chi connectivity index (χ2v) is 6.90. The molecule has 2 aromatic rings. The van der Waals surface area contributed by atoms with Gasteiger partial charge in [-0.15, -0.1) is 0 Å². The van der Waals surface area contributed by atoms with Crippen LogP contribution >= 0.6 is 0 Å². The molecule has 0 saturated carbocycles. The SMILES string of the molecule is CCN(CC)C(=O)[C@@H]1C[C@H](N)CN1C(=O)c1oc2cc(OC)ccc2c1C. The summed E-state index contributed by atoms with van der Waals surface area (Å²) in [6.45, 7) is 7.26. The van der Waals surface area contributed by atoms with Crippen molar-refractivity contribution >= 4 is 22.8 Å². The van der Waals surface area contributed by atoms with Crippen molar-refractivity contribution < 1.29 is 18.7 Å². The van der Waals surface area contributed by atoms with Gasteiger partial charge < -0.3 is 24.7 Å². The molecule has 7 nitrogen and oxygen atoms in total. The lowest BCUT2D eigenvalue weighted by molar-refractivity contribution is -0.134. The van der Waals surface area contributed by atoms with Crippen molar-refractivity contribution in [1.29, 1.82) is 0 Å². The number of carbonyl (C=O) groups excluding carboxylic acids is 2. The molecule has 2 heterocycles. The average molecular weight is 373 g/mol. The van der Waals surface area contributed by atoms with Crippen LogP contribution in [0.1, 0.15) is 36.4 Å². The molecule has 2 atom stereocenters. The Kier molecular flexibility index (Phi) is 5.41. The standard InChI is InChI=1S/C20H27N3O4/c1-5-22(6-2)19(24)16-9-13(21)11-23(16)20(25)18-12(3)15-8-7-14(26-4)10-17(15)27-18/h7-8,10,13,16H,5-6,9,11,21H2,1-4H3/t13-,16-/m0/s1. The minimum absolute atomic E-state index is 0.0586. The predicted molar refractivity (Wildman–Crippen MR) is 103 cm³/mol. The van der Waals surface area contributed by atoms with Gasteiger partial charge in [-0.25, -0.2) is 0 Å². The first-order valence-corrected chi connectivity index (χ1v) is 9.33. The van der Waals surface area contributed by atoms with Crippen LogP contribution < -0.4 is 10.5 Å². The highest BCUT2D eigenvalue weighted by atomic mass is 16.5. The van der Waals surface area contributed by atoms with Gasteiger partial charge in [0.25, 0.3) is 5.91 Å². The number of amides is 2. The maximum absolute atomic E-state index is 13.2. The van der Waals surface area contributed by atoms with E-state index in [-0.39, 0.29) is 23.6 Å². The molecule has 1 fully saturated rings. The van der Waals surface area contributed by atoms with E-state index in [0.29, 0.717) is 37.4 Å². The predicted octanol–water partition coefficient (Wildman–Crippen LogP) is 2.16. The zero-order chi connectivity index (χ0) is 19.7. The summed E-state index contributed by atoms with van der Waals surface area (Å²) in [4.78, 5) is 29.4. The Morgan fingerprint density at radius 3 is 2.67 bits per heavy atom. The second-order valence-electron chi connectivity index (χ2n) is 6.90. The van der Waals surface area contributed by atoms with Crippen LogP contribution in [-0.2, 0) is 4.79 Å². The van der Waals surface area contributed by atoms with Crippen LogP contribution in [-0.4, -0.2) is 60.4 Å². The Balaban J connectivity index is 1.95. The third-order valence-corrected chi connectivity index (χ3v) is 5.29. The van der Waals surface area contributed by atoms with Crippen molar-refractivity contribution in [2.45, 2.75) is 39.3 Å². The average Bonchev–Trinajstić information content (AvgIpc) is 3.22. The van der Waals surface area contributed by atoms with E-state index in [2.05, 4.69) is 0 Å². The lowest BCUT2D eigenvalue weighted by Crippen LogP contribution is -2.47. The summed E-state index contributed by atoms with van der Waals surface area (Å²) >= 11 is 0. The fourth-order valence-electron chi connectivity index (χ4n) is 3.74. The summed E-state index contributed by atoms with van der Waals surface area (Å²) in [6, 6.07) is 4.70. The van der Waals surface area contributed by atoms with Crippen molar-refractivity contribution in [3.8, 4) is 5.75 Å². The number of hydrogen-bond donors (Lipinski definition) is 1. The van der Waals surface area contributed by atoms with Gasteiger partial charge >= 0.3 is 0 Å². The third-order valence-electron chi connectivity index (χ3n) is 5.29. The zero-order valence-corrected chi connectivity index (χ0v) is 16.3. The number of nitrogens with two attached hydrogens (primary N) is 1. The maximum Gasteiger partial charge on any atom is 0.290 e. The Bertz CT molecular complexity index is 856. The number of benzene rings is 1. The van der Waals surface area contributed by atoms with Crippen LogP contribution in [0.2, 0.25) is 0 Å². The fraction of sp³-hybridized carbons (Fsp3) is 0.500. The van der Waals surface area contributed by atoms with Crippen molar-refractivity contribution in [2.75, 3.05) is 26.7 Å². The summed E-state index contributed by atoms with van der Waals surface area (Å²) in [5.41, 5.74) is 7.44. The first kappa shape index (κ1) is 19.2. The second kappa shape index (κ2) is 7.60. The highest BCUT2D eigenvalue weighted by Gasteiger charge is 2.41. The number of rotatable bonds is 5. The molecule has 27 heavy (non-hydrogen) atoms. The van der Waals surface area contributed by atoms with Gasteiger partial charge in [-0.3, -0.25) is 9.59 Å². The summed E-state index contributed by atoms with van der Waals surface area (Å²) in [7, 11) is 1.58. The Morgan fingerprint density at radius 1 is 1.33 bits per heavy atom. The van der Waals surface area contributed by atoms with E-state index in [9.17, 15) is 9.59 Å². The minimum Gasteiger partial charge on any atom is -0.497 e. The number of ether oxygens (including phenoxy) is 1. The Hall–Kier alpha value is -2.54. The first-order valence-electron chi connectivity index (χ1n) is 9.33. The van der Waals surface area contributed by atoms with Crippen LogP contribution in [0.3, 0.4) is 0 Å². The van der Waals surface area contributed by atoms with Crippen LogP contribution in [0.15, 0.2) is 22.6 Å². The van der Waals surface area contributed by atoms with Crippen LogP contribution in [0.4, 0.5) is 0 Å². The number of aryl methyl sites for hydroxylation is 1. The molecule has 146 valence electrons. The van der Waals surface area contributed by atoms with Crippen LogP contribution in [0.25, 0.3) is 11.0 Å². The number of carbonyl (C=O) groups is 2. The van der Waals surface area contributed by atoms with E-state index >= 15 is 0 Å². The molecule has 0 bridgehead atoms. The summed E-state index contributed by atoms with van der Waals surface area (Å²) in [5, 5.41) is 0.856. The molecule has 1 aromatic heterocycles. The molecule has 1 aliphatic rings. The topological polar surface area (TPSA) is 89.0 Å². The number of hydrogen-bond acceptors (Lipinski definition) is 5. The van der Waals surface area contributed by atoms with Gasteiger partial charge in [0.15, 0.2) is 5.76 Å². The van der Waals surface area contributed by atoms with Gasteiger partial charge in [0.1, 0.15) is 17.4 Å². The molecule has 7 heteroatoms. The monoisotopic (exact) mass is 373 g/mol. The van der Waals surface area contributed by atoms with Crippen molar-refractivity contribution in [3.05, 3.63) is 29.5 Å². The summed E-state index contributed by atoms with van der Waals surface area (Å²) in [5.74, 6) is 0.565. The van der Waals surface area contributed by atoms with E-state index < -0.39 is 6.04 Å². The normalized spacial score (nSPS) is 19.5. The number of likely N-dealkylation sites (tertiary alicyclic amines) is 1. The van der Waals surface area contributed by atoms with Gasteiger partial charge in [-0.05, 0) is 39.3 Å². The molecular weight excluding hydrogens is 346 g/mol.